The van der Waals surface area contributed by atoms with Crippen LogP contribution in [0.5, 0.6) is 5.75 Å². The van der Waals surface area contributed by atoms with Crippen LogP contribution in [0.4, 0.5) is 14.9 Å². The summed E-state index contributed by atoms with van der Waals surface area (Å²) in [7, 11) is 5.27. The number of urea groups is 1. The van der Waals surface area contributed by atoms with E-state index in [1.807, 2.05) is 30.3 Å². The van der Waals surface area contributed by atoms with E-state index in [2.05, 4.69) is 5.32 Å². The van der Waals surface area contributed by atoms with Crippen molar-refractivity contribution in [2.45, 2.75) is 31.7 Å². The maximum Gasteiger partial charge on any atom is 0.334 e. The topological polar surface area (TPSA) is 99.7 Å². The van der Waals surface area contributed by atoms with E-state index < -0.39 is 24.1 Å². The minimum absolute atomic E-state index is 0.000943. The van der Waals surface area contributed by atoms with Gasteiger partial charge in [0.15, 0.2) is 0 Å². The van der Waals surface area contributed by atoms with Crippen LogP contribution in [0.1, 0.15) is 16.7 Å². The summed E-state index contributed by atoms with van der Waals surface area (Å²) in [5, 5.41) is 15.7. The zero-order valence-electron chi connectivity index (χ0n) is 23.9. The fourth-order valence-electron chi connectivity index (χ4n) is 5.67. The molecule has 0 aliphatic carbocycles. The van der Waals surface area contributed by atoms with Gasteiger partial charge in [-0.2, -0.15) is 0 Å². The molecule has 0 unspecified atom stereocenters. The highest BCUT2D eigenvalue weighted by Gasteiger charge is 2.50. The smallest absolute Gasteiger partial charge is 0.334 e. The number of anilines is 1. The molecule has 2 aliphatic heterocycles. The number of hydrogen-bond acceptors (Lipinski definition) is 6. The lowest BCUT2D eigenvalue weighted by atomic mass is 9.98. The van der Waals surface area contributed by atoms with Crippen LogP contribution in [-0.2, 0) is 29.1 Å². The van der Waals surface area contributed by atoms with E-state index in [1.54, 1.807) is 55.3 Å². The molecule has 11 heteroatoms. The fourth-order valence-corrected chi connectivity index (χ4v) is 5.67. The van der Waals surface area contributed by atoms with Gasteiger partial charge < -0.3 is 25.1 Å². The SMILES string of the molecule is CN(C)c1cccc(F)c1CN1C[C@H]2N(C(=O)CN(C)N2C(=O)NCc2ccccc2)[C@@H](Cc2ccc(O)cc2)C1=O. The van der Waals surface area contributed by atoms with Crippen molar-refractivity contribution >= 4 is 23.5 Å². The number of amides is 4. The fraction of sp³-hybridized carbons (Fsp3) is 0.323. The van der Waals surface area contributed by atoms with Crippen molar-refractivity contribution in [3.05, 3.63) is 95.3 Å². The van der Waals surface area contributed by atoms with Gasteiger partial charge in [-0.05, 0) is 35.4 Å². The summed E-state index contributed by atoms with van der Waals surface area (Å²) < 4.78 is 15.2. The Morgan fingerprint density at radius 2 is 1.71 bits per heavy atom. The van der Waals surface area contributed by atoms with Gasteiger partial charge in [-0.3, -0.25) is 9.59 Å². The molecular weight excluding hydrogens is 539 g/mol. The first-order valence-electron chi connectivity index (χ1n) is 13.8. The Balaban J connectivity index is 1.50. The van der Waals surface area contributed by atoms with Crippen LogP contribution >= 0.6 is 0 Å². The van der Waals surface area contributed by atoms with Crippen molar-refractivity contribution in [3.8, 4) is 5.75 Å². The molecule has 2 atom stereocenters. The van der Waals surface area contributed by atoms with Crippen molar-refractivity contribution in [3.63, 3.8) is 0 Å². The maximum absolute atomic E-state index is 15.2. The molecule has 3 aromatic rings. The average Bonchev–Trinajstić information content (AvgIpc) is 2.96. The molecule has 2 heterocycles. The van der Waals surface area contributed by atoms with Gasteiger partial charge in [-0.15, -0.1) is 0 Å². The molecule has 0 spiro atoms. The Morgan fingerprint density at radius 1 is 1.00 bits per heavy atom. The van der Waals surface area contributed by atoms with Gasteiger partial charge in [0.2, 0.25) is 11.8 Å². The number of halogens is 1. The Morgan fingerprint density at radius 3 is 2.40 bits per heavy atom. The summed E-state index contributed by atoms with van der Waals surface area (Å²) in [6, 6.07) is 19.3. The standard InChI is InChI=1S/C31H35FN6O4/c1-34(2)26-11-7-10-25(32)24(26)18-36-19-28-37(27(30(36)41)16-21-12-14-23(39)15-13-21)29(40)20-35(3)38(28)31(42)33-17-22-8-5-4-6-9-22/h4-15,27-28,39H,16-20H2,1-3H3,(H,33,42)/t27-,28-/m0/s1. The van der Waals surface area contributed by atoms with Gasteiger partial charge in [0, 0.05) is 45.4 Å². The molecule has 0 bridgehead atoms. The molecule has 2 saturated heterocycles. The number of phenolic OH excluding ortho intramolecular Hbond substituents is 1. The minimum Gasteiger partial charge on any atom is -0.508 e. The Labute approximate surface area is 244 Å². The molecule has 2 fully saturated rings. The lowest BCUT2D eigenvalue weighted by Gasteiger charge is -2.54. The number of phenols is 1. The van der Waals surface area contributed by atoms with Gasteiger partial charge in [0.1, 0.15) is 23.8 Å². The number of fused-ring (bicyclic) bond motifs is 1. The summed E-state index contributed by atoms with van der Waals surface area (Å²) >= 11 is 0. The normalized spacial score (nSPS) is 19.1. The van der Waals surface area contributed by atoms with Crippen LogP contribution < -0.4 is 10.2 Å². The third-order valence-electron chi connectivity index (χ3n) is 7.72. The van der Waals surface area contributed by atoms with Gasteiger partial charge in [0.25, 0.3) is 0 Å². The number of aromatic hydroxyl groups is 1. The largest absolute Gasteiger partial charge is 0.508 e. The van der Waals surface area contributed by atoms with E-state index in [9.17, 15) is 19.5 Å². The summed E-state index contributed by atoms with van der Waals surface area (Å²) in [5.74, 6) is -0.983. The lowest BCUT2D eigenvalue weighted by molar-refractivity contribution is -0.187. The molecule has 220 valence electrons. The third kappa shape index (κ3) is 5.87. The number of rotatable bonds is 7. The third-order valence-corrected chi connectivity index (χ3v) is 7.72. The van der Waals surface area contributed by atoms with Crippen LogP contribution in [0.15, 0.2) is 72.8 Å². The first-order chi connectivity index (χ1) is 20.1. The predicted molar refractivity (Wildman–Crippen MR) is 156 cm³/mol. The van der Waals surface area contributed by atoms with Crippen molar-refractivity contribution in [1.29, 1.82) is 0 Å². The highest BCUT2D eigenvalue weighted by atomic mass is 19.1. The average molecular weight is 575 g/mol. The summed E-state index contributed by atoms with van der Waals surface area (Å²) in [5.41, 5.74) is 2.64. The highest BCUT2D eigenvalue weighted by molar-refractivity contribution is 5.91. The van der Waals surface area contributed by atoms with Crippen molar-refractivity contribution in [1.82, 2.24) is 25.1 Å². The Bertz CT molecular complexity index is 1450. The number of carbonyl (C=O) groups excluding carboxylic acids is 3. The number of piperazine rings is 1. The maximum atomic E-state index is 15.2. The molecule has 42 heavy (non-hydrogen) atoms. The van der Waals surface area contributed by atoms with E-state index in [-0.39, 0.29) is 50.2 Å². The molecule has 0 radical (unpaired) electrons. The Kier molecular flexibility index (Phi) is 8.30. The van der Waals surface area contributed by atoms with Crippen LogP contribution in [-0.4, -0.2) is 89.2 Å². The quantitative estimate of drug-likeness (QED) is 0.451. The lowest BCUT2D eigenvalue weighted by Crippen LogP contribution is -2.76. The second-order valence-corrected chi connectivity index (χ2v) is 10.8. The van der Waals surface area contributed by atoms with E-state index in [0.29, 0.717) is 11.3 Å². The number of hydrazine groups is 1. The van der Waals surface area contributed by atoms with Gasteiger partial charge in [-0.25, -0.2) is 19.2 Å². The van der Waals surface area contributed by atoms with Crippen LogP contribution in [0.25, 0.3) is 0 Å². The molecular formula is C31H35FN6O4. The van der Waals surface area contributed by atoms with E-state index in [0.717, 1.165) is 11.1 Å². The number of hydrogen-bond donors (Lipinski definition) is 2. The van der Waals surface area contributed by atoms with E-state index >= 15 is 4.39 Å². The predicted octanol–water partition coefficient (Wildman–Crippen LogP) is 2.78. The van der Waals surface area contributed by atoms with Crippen LogP contribution in [0.3, 0.4) is 0 Å². The molecule has 4 amide bonds. The summed E-state index contributed by atoms with van der Waals surface area (Å²) in [6.07, 6.45) is -0.653. The number of carbonyl (C=O) groups is 3. The van der Waals surface area contributed by atoms with Crippen molar-refractivity contribution in [2.75, 3.05) is 39.1 Å². The summed E-state index contributed by atoms with van der Waals surface area (Å²) in [4.78, 5) is 46.0. The number of nitrogens with one attached hydrogen (secondary N) is 1. The van der Waals surface area contributed by atoms with Gasteiger partial charge >= 0.3 is 6.03 Å². The zero-order valence-corrected chi connectivity index (χ0v) is 23.9. The molecule has 0 aromatic heterocycles. The second kappa shape index (κ2) is 12.1. The second-order valence-electron chi connectivity index (χ2n) is 10.8. The number of likely N-dealkylation sites (N-methyl/N-ethyl adjacent to an activating group) is 1. The van der Waals surface area contributed by atoms with Gasteiger partial charge in [0.05, 0.1) is 19.6 Å². The molecule has 10 nitrogen and oxygen atoms in total. The van der Waals surface area contributed by atoms with Crippen molar-refractivity contribution < 1.29 is 23.9 Å². The number of nitrogens with zero attached hydrogens (tertiary/aromatic N) is 5. The summed E-state index contributed by atoms with van der Waals surface area (Å²) in [6.45, 7) is 0.159. The first-order valence-corrected chi connectivity index (χ1v) is 13.8. The van der Waals surface area contributed by atoms with Gasteiger partial charge in [-0.1, -0.05) is 48.5 Å². The highest BCUT2D eigenvalue weighted by Crippen LogP contribution is 2.31. The molecule has 5 rings (SSSR count). The number of benzene rings is 3. The Hall–Kier alpha value is -4.64. The van der Waals surface area contributed by atoms with E-state index in [4.69, 9.17) is 0 Å². The molecule has 3 aromatic carbocycles. The van der Waals surface area contributed by atoms with Crippen molar-refractivity contribution in [2.24, 2.45) is 0 Å². The molecule has 2 aliphatic rings. The van der Waals surface area contributed by atoms with Crippen LogP contribution in [0.2, 0.25) is 0 Å². The minimum atomic E-state index is -0.937. The van der Waals surface area contributed by atoms with E-state index in [1.165, 1.54) is 33.0 Å². The van der Waals surface area contributed by atoms with Crippen LogP contribution in [0, 0.1) is 5.82 Å². The first kappa shape index (κ1) is 28.9. The monoisotopic (exact) mass is 574 g/mol. The molecule has 2 N–H and O–H groups in total. The zero-order chi connectivity index (χ0) is 30.0. The molecule has 0 saturated carbocycles.